The molecule has 2 fully saturated rings. The third-order valence-corrected chi connectivity index (χ3v) is 4.96. The maximum atomic E-state index is 10.9. The largest absolute Gasteiger partial charge is 0.478 e. The van der Waals surface area contributed by atoms with Crippen LogP contribution in [0.5, 0.6) is 0 Å². The molecule has 2 aliphatic rings. The van der Waals surface area contributed by atoms with Crippen molar-refractivity contribution >= 4 is 17.5 Å². The number of anilines is 2. The number of carboxylic acid groups (broad SMARTS) is 1. The molecule has 2 bridgehead atoms. The molecule has 1 aromatic rings. The maximum Gasteiger partial charge on any atom is 0.337 e. The monoisotopic (exact) mass is 275 g/mol. The van der Waals surface area contributed by atoms with Crippen LogP contribution in [0.25, 0.3) is 0 Å². The van der Waals surface area contributed by atoms with E-state index in [0.717, 1.165) is 11.8 Å². The minimum Gasteiger partial charge on any atom is -0.478 e. The standard InChI is InChI=1S/C15H21N3O2/c1-8(12-5-9-2-3-10(12)4-9)18-14-13(16)6-11(7-17-14)15(19)20/h6-10,12H,2-5,16H2,1H3,(H,17,18)(H,19,20). The lowest BCUT2D eigenvalue weighted by molar-refractivity contribution is 0.0696. The first kappa shape index (κ1) is 13.2. The minimum atomic E-state index is -1.00. The number of nitrogens with one attached hydrogen (secondary N) is 1. The van der Waals surface area contributed by atoms with Crippen LogP contribution in [-0.4, -0.2) is 22.1 Å². The molecule has 108 valence electrons. The van der Waals surface area contributed by atoms with Crippen LogP contribution in [-0.2, 0) is 0 Å². The zero-order valence-corrected chi connectivity index (χ0v) is 11.7. The van der Waals surface area contributed by atoms with E-state index in [-0.39, 0.29) is 5.56 Å². The van der Waals surface area contributed by atoms with Crippen molar-refractivity contribution in [1.29, 1.82) is 0 Å². The Balaban J connectivity index is 1.70. The molecule has 3 rings (SSSR count). The highest BCUT2D eigenvalue weighted by molar-refractivity contribution is 5.89. The Hall–Kier alpha value is -1.78. The van der Waals surface area contributed by atoms with E-state index >= 15 is 0 Å². The normalized spacial score (nSPS) is 29.4. The highest BCUT2D eigenvalue weighted by Crippen LogP contribution is 2.49. The molecule has 5 nitrogen and oxygen atoms in total. The molecule has 2 aliphatic carbocycles. The summed E-state index contributed by atoms with van der Waals surface area (Å²) in [4.78, 5) is 15.0. The molecule has 4 N–H and O–H groups in total. The predicted octanol–water partition coefficient (Wildman–Crippen LogP) is 2.60. The van der Waals surface area contributed by atoms with E-state index in [4.69, 9.17) is 10.8 Å². The van der Waals surface area contributed by atoms with Crippen LogP contribution in [0.2, 0.25) is 0 Å². The first-order valence-electron chi connectivity index (χ1n) is 7.30. The van der Waals surface area contributed by atoms with E-state index in [2.05, 4.69) is 17.2 Å². The second-order valence-electron chi connectivity index (χ2n) is 6.24. The highest BCUT2D eigenvalue weighted by atomic mass is 16.4. The molecular formula is C15H21N3O2. The molecule has 1 heterocycles. The summed E-state index contributed by atoms with van der Waals surface area (Å²) < 4.78 is 0. The third kappa shape index (κ3) is 2.32. The van der Waals surface area contributed by atoms with Gasteiger partial charge in [0.1, 0.15) is 5.82 Å². The van der Waals surface area contributed by atoms with Gasteiger partial charge >= 0.3 is 5.97 Å². The van der Waals surface area contributed by atoms with E-state index in [1.165, 1.54) is 37.9 Å². The van der Waals surface area contributed by atoms with Crippen molar-refractivity contribution in [2.24, 2.45) is 17.8 Å². The quantitative estimate of drug-likeness (QED) is 0.786. The molecule has 4 unspecified atom stereocenters. The van der Waals surface area contributed by atoms with Crippen molar-refractivity contribution in [3.8, 4) is 0 Å². The molecule has 2 saturated carbocycles. The van der Waals surface area contributed by atoms with Gasteiger partial charge in [-0.1, -0.05) is 6.42 Å². The number of nitrogen functional groups attached to an aromatic ring is 1. The Morgan fingerprint density at radius 1 is 1.50 bits per heavy atom. The molecule has 5 heteroatoms. The fraction of sp³-hybridized carbons (Fsp3) is 0.600. The molecule has 0 radical (unpaired) electrons. The summed E-state index contributed by atoms with van der Waals surface area (Å²) in [6.45, 7) is 2.18. The van der Waals surface area contributed by atoms with Crippen LogP contribution in [0.1, 0.15) is 43.0 Å². The van der Waals surface area contributed by atoms with E-state index in [1.54, 1.807) is 0 Å². The molecule has 4 atom stereocenters. The summed E-state index contributed by atoms with van der Waals surface area (Å²) >= 11 is 0. The molecule has 20 heavy (non-hydrogen) atoms. The van der Waals surface area contributed by atoms with Gasteiger partial charge < -0.3 is 16.2 Å². The van der Waals surface area contributed by atoms with E-state index in [1.807, 2.05) is 0 Å². The van der Waals surface area contributed by atoms with Crippen LogP contribution in [0.4, 0.5) is 11.5 Å². The summed E-state index contributed by atoms with van der Waals surface area (Å²) in [5.41, 5.74) is 6.42. The smallest absolute Gasteiger partial charge is 0.337 e. The van der Waals surface area contributed by atoms with Gasteiger partial charge in [-0.25, -0.2) is 9.78 Å². The molecule has 0 aliphatic heterocycles. The van der Waals surface area contributed by atoms with Gasteiger partial charge in [0.2, 0.25) is 0 Å². The van der Waals surface area contributed by atoms with Crippen molar-refractivity contribution < 1.29 is 9.90 Å². The molecular weight excluding hydrogens is 254 g/mol. The van der Waals surface area contributed by atoms with Crippen LogP contribution < -0.4 is 11.1 Å². The third-order valence-electron chi connectivity index (χ3n) is 4.96. The first-order chi connectivity index (χ1) is 9.54. The van der Waals surface area contributed by atoms with Gasteiger partial charge in [0, 0.05) is 12.2 Å². The highest BCUT2D eigenvalue weighted by Gasteiger charge is 2.41. The van der Waals surface area contributed by atoms with Crippen molar-refractivity contribution in [3.05, 3.63) is 17.8 Å². The second-order valence-corrected chi connectivity index (χ2v) is 6.24. The van der Waals surface area contributed by atoms with Crippen molar-refractivity contribution in [1.82, 2.24) is 4.98 Å². The summed E-state index contributed by atoms with van der Waals surface area (Å²) in [7, 11) is 0. The van der Waals surface area contributed by atoms with Gasteiger partial charge in [-0.3, -0.25) is 0 Å². The summed E-state index contributed by atoms with van der Waals surface area (Å²) in [5.74, 6) is 2.03. The van der Waals surface area contributed by atoms with E-state index in [9.17, 15) is 4.79 Å². The number of aromatic nitrogens is 1. The predicted molar refractivity (Wildman–Crippen MR) is 77.6 cm³/mol. The minimum absolute atomic E-state index is 0.126. The van der Waals surface area contributed by atoms with Crippen LogP contribution >= 0.6 is 0 Å². The van der Waals surface area contributed by atoms with E-state index < -0.39 is 5.97 Å². The number of nitrogens with two attached hydrogens (primary N) is 1. The fourth-order valence-corrected chi connectivity index (χ4v) is 3.95. The van der Waals surface area contributed by atoms with Gasteiger partial charge in [-0.2, -0.15) is 0 Å². The first-order valence-corrected chi connectivity index (χ1v) is 7.30. The molecule has 0 spiro atoms. The zero-order chi connectivity index (χ0) is 14.3. The number of fused-ring (bicyclic) bond motifs is 2. The Morgan fingerprint density at radius 2 is 2.30 bits per heavy atom. The summed E-state index contributed by atoms with van der Waals surface area (Å²) in [6, 6.07) is 1.79. The van der Waals surface area contributed by atoms with Gasteiger partial charge in [0.25, 0.3) is 0 Å². The lowest BCUT2D eigenvalue weighted by Gasteiger charge is -2.29. The number of rotatable bonds is 4. The average molecular weight is 275 g/mol. The SMILES string of the molecule is CC(Nc1ncc(C(=O)O)cc1N)C1CC2CCC1C2. The number of hydrogen-bond donors (Lipinski definition) is 3. The molecule has 0 saturated heterocycles. The van der Waals surface area contributed by atoms with Gasteiger partial charge in [-0.15, -0.1) is 0 Å². The van der Waals surface area contributed by atoms with Crippen molar-refractivity contribution in [2.45, 2.75) is 38.6 Å². The Labute approximate surface area is 118 Å². The van der Waals surface area contributed by atoms with Gasteiger partial charge in [0.05, 0.1) is 11.3 Å². The number of carbonyl (C=O) groups is 1. The van der Waals surface area contributed by atoms with Crippen molar-refractivity contribution in [3.63, 3.8) is 0 Å². The Bertz CT molecular complexity index is 532. The van der Waals surface area contributed by atoms with Gasteiger partial charge in [0.15, 0.2) is 0 Å². The van der Waals surface area contributed by atoms with Crippen molar-refractivity contribution in [2.75, 3.05) is 11.1 Å². The number of hydrogen-bond acceptors (Lipinski definition) is 4. The number of aromatic carboxylic acids is 1. The Morgan fingerprint density at radius 3 is 2.85 bits per heavy atom. The van der Waals surface area contributed by atoms with Crippen LogP contribution in [0.3, 0.4) is 0 Å². The molecule has 0 amide bonds. The molecule has 1 aromatic heterocycles. The summed E-state index contributed by atoms with van der Waals surface area (Å²) in [6.07, 6.45) is 6.77. The number of carboxylic acids is 1. The lowest BCUT2D eigenvalue weighted by atomic mass is 9.84. The van der Waals surface area contributed by atoms with Gasteiger partial charge in [-0.05, 0) is 50.0 Å². The Kier molecular flexibility index (Phi) is 3.28. The lowest BCUT2D eigenvalue weighted by Crippen LogP contribution is -2.30. The fourth-order valence-electron chi connectivity index (χ4n) is 3.95. The maximum absolute atomic E-state index is 10.9. The van der Waals surface area contributed by atoms with Crippen LogP contribution in [0, 0.1) is 17.8 Å². The average Bonchev–Trinajstić information content (AvgIpc) is 3.03. The molecule has 0 aromatic carbocycles. The zero-order valence-electron chi connectivity index (χ0n) is 11.7. The summed E-state index contributed by atoms with van der Waals surface area (Å²) in [5, 5.41) is 12.3. The van der Waals surface area contributed by atoms with Crippen LogP contribution in [0.15, 0.2) is 12.3 Å². The number of pyridine rings is 1. The number of nitrogens with zero attached hydrogens (tertiary/aromatic N) is 1. The topological polar surface area (TPSA) is 88.2 Å². The van der Waals surface area contributed by atoms with E-state index in [0.29, 0.717) is 23.5 Å². The second kappa shape index (κ2) is 4.96.